The van der Waals surface area contributed by atoms with Gasteiger partial charge in [0.2, 0.25) is 5.91 Å². The highest BCUT2D eigenvalue weighted by atomic mass is 35.5. The molecule has 88 valence electrons. The third-order valence-corrected chi connectivity index (χ3v) is 2.89. The van der Waals surface area contributed by atoms with Gasteiger partial charge in [0, 0.05) is 11.4 Å². The van der Waals surface area contributed by atoms with Gasteiger partial charge in [-0.2, -0.15) is 0 Å². The predicted molar refractivity (Wildman–Crippen MR) is 61.1 cm³/mol. The maximum atomic E-state index is 11.8. The molecule has 0 saturated carbocycles. The SMILES string of the molecule is CC1CCC(C(=O)NC(C)(C)CCCl)O1. The molecule has 1 N–H and O–H groups in total. The van der Waals surface area contributed by atoms with E-state index in [1.54, 1.807) is 0 Å². The molecule has 4 heteroatoms. The molecule has 0 aliphatic carbocycles. The highest BCUT2D eigenvalue weighted by molar-refractivity contribution is 6.17. The minimum absolute atomic E-state index is 0.00512. The molecule has 0 aromatic rings. The van der Waals surface area contributed by atoms with E-state index in [1.807, 2.05) is 20.8 Å². The number of halogens is 1. The largest absolute Gasteiger partial charge is 0.365 e. The first kappa shape index (κ1) is 12.8. The molecule has 0 aromatic carbocycles. The van der Waals surface area contributed by atoms with Crippen LogP contribution in [0.1, 0.15) is 40.0 Å². The quantitative estimate of drug-likeness (QED) is 0.755. The van der Waals surface area contributed by atoms with Crippen LogP contribution in [0.25, 0.3) is 0 Å². The molecular formula is C11H20ClNO2. The number of hydrogen-bond donors (Lipinski definition) is 1. The Morgan fingerprint density at radius 1 is 1.53 bits per heavy atom. The van der Waals surface area contributed by atoms with Gasteiger partial charge in [-0.25, -0.2) is 0 Å². The van der Waals surface area contributed by atoms with E-state index in [0.29, 0.717) is 5.88 Å². The second-order valence-electron chi connectivity index (χ2n) is 4.82. The smallest absolute Gasteiger partial charge is 0.249 e. The zero-order valence-corrected chi connectivity index (χ0v) is 10.4. The zero-order chi connectivity index (χ0) is 11.5. The molecule has 1 saturated heterocycles. The summed E-state index contributed by atoms with van der Waals surface area (Å²) in [5, 5.41) is 2.97. The lowest BCUT2D eigenvalue weighted by Crippen LogP contribution is -2.48. The van der Waals surface area contributed by atoms with Gasteiger partial charge in [0.05, 0.1) is 6.10 Å². The van der Waals surface area contributed by atoms with Crippen molar-refractivity contribution in [3.63, 3.8) is 0 Å². The molecule has 1 aliphatic rings. The predicted octanol–water partition coefficient (Wildman–Crippen LogP) is 2.08. The van der Waals surface area contributed by atoms with Crippen molar-refractivity contribution in [3.8, 4) is 0 Å². The lowest BCUT2D eigenvalue weighted by atomic mass is 10.0. The van der Waals surface area contributed by atoms with Crippen LogP contribution >= 0.6 is 11.6 Å². The summed E-state index contributed by atoms with van der Waals surface area (Å²) in [5.74, 6) is 0.546. The van der Waals surface area contributed by atoms with Crippen molar-refractivity contribution in [1.29, 1.82) is 0 Å². The minimum atomic E-state index is -0.269. The number of amides is 1. The molecule has 0 aromatic heterocycles. The zero-order valence-electron chi connectivity index (χ0n) is 9.68. The first-order chi connectivity index (χ1) is 6.94. The number of carbonyl (C=O) groups is 1. The number of carbonyl (C=O) groups excluding carboxylic acids is 1. The van der Waals surface area contributed by atoms with Crippen LogP contribution in [0.5, 0.6) is 0 Å². The molecule has 15 heavy (non-hydrogen) atoms. The molecule has 0 bridgehead atoms. The summed E-state index contributed by atoms with van der Waals surface area (Å²) in [4.78, 5) is 11.8. The molecule has 0 spiro atoms. The summed E-state index contributed by atoms with van der Waals surface area (Å²) >= 11 is 5.67. The molecule has 3 nitrogen and oxygen atoms in total. The summed E-state index contributed by atoms with van der Waals surface area (Å²) in [6.45, 7) is 5.95. The molecule has 1 amide bonds. The number of hydrogen-bond acceptors (Lipinski definition) is 2. The maximum absolute atomic E-state index is 11.8. The molecule has 2 unspecified atom stereocenters. The van der Waals surface area contributed by atoms with Crippen LogP contribution in [0.3, 0.4) is 0 Å². The van der Waals surface area contributed by atoms with Crippen LogP contribution < -0.4 is 5.32 Å². The van der Waals surface area contributed by atoms with Crippen molar-refractivity contribution < 1.29 is 9.53 Å². The van der Waals surface area contributed by atoms with E-state index >= 15 is 0 Å². The summed E-state index contributed by atoms with van der Waals surface area (Å²) in [5.41, 5.74) is -0.242. The van der Waals surface area contributed by atoms with Crippen molar-refractivity contribution >= 4 is 17.5 Å². The van der Waals surface area contributed by atoms with Gasteiger partial charge in [-0.05, 0) is 40.0 Å². The van der Waals surface area contributed by atoms with E-state index in [2.05, 4.69) is 5.32 Å². The Kier molecular flexibility index (Phi) is 4.41. The third kappa shape index (κ3) is 3.99. The monoisotopic (exact) mass is 233 g/mol. The summed E-state index contributed by atoms with van der Waals surface area (Å²) in [6.07, 6.45) is 2.49. The van der Waals surface area contributed by atoms with Crippen LogP contribution in [-0.4, -0.2) is 29.5 Å². The summed E-state index contributed by atoms with van der Waals surface area (Å²) < 4.78 is 5.50. The van der Waals surface area contributed by atoms with E-state index in [9.17, 15) is 4.79 Å². The van der Waals surface area contributed by atoms with Gasteiger partial charge in [-0.3, -0.25) is 4.79 Å². The Morgan fingerprint density at radius 3 is 2.67 bits per heavy atom. The molecule has 1 rings (SSSR count). The van der Waals surface area contributed by atoms with E-state index in [-0.39, 0.29) is 23.7 Å². The Labute approximate surface area is 96.5 Å². The Hall–Kier alpha value is -0.280. The van der Waals surface area contributed by atoms with Crippen molar-refractivity contribution in [1.82, 2.24) is 5.32 Å². The topological polar surface area (TPSA) is 38.3 Å². The molecule has 1 fully saturated rings. The Bertz CT molecular complexity index is 231. The van der Waals surface area contributed by atoms with Crippen molar-refractivity contribution in [2.45, 2.75) is 57.8 Å². The molecule has 1 heterocycles. The number of rotatable bonds is 4. The van der Waals surface area contributed by atoms with Crippen LogP contribution in [0, 0.1) is 0 Å². The highest BCUT2D eigenvalue weighted by Gasteiger charge is 2.31. The fraction of sp³-hybridized carbons (Fsp3) is 0.909. The number of nitrogens with one attached hydrogen (secondary N) is 1. The van der Waals surface area contributed by atoms with Crippen molar-refractivity contribution in [3.05, 3.63) is 0 Å². The van der Waals surface area contributed by atoms with Gasteiger partial charge in [0.15, 0.2) is 0 Å². The first-order valence-corrected chi connectivity index (χ1v) is 6.01. The van der Waals surface area contributed by atoms with Gasteiger partial charge in [0.25, 0.3) is 0 Å². The van der Waals surface area contributed by atoms with Crippen LogP contribution in [-0.2, 0) is 9.53 Å². The van der Waals surface area contributed by atoms with Gasteiger partial charge in [-0.1, -0.05) is 0 Å². The second-order valence-corrected chi connectivity index (χ2v) is 5.20. The third-order valence-electron chi connectivity index (χ3n) is 2.71. The lowest BCUT2D eigenvalue weighted by Gasteiger charge is -2.26. The minimum Gasteiger partial charge on any atom is -0.365 e. The average molecular weight is 234 g/mol. The van der Waals surface area contributed by atoms with Crippen molar-refractivity contribution in [2.24, 2.45) is 0 Å². The fourth-order valence-electron chi connectivity index (χ4n) is 1.71. The maximum Gasteiger partial charge on any atom is 0.249 e. The first-order valence-electron chi connectivity index (χ1n) is 5.48. The Balaban J connectivity index is 2.41. The molecule has 0 radical (unpaired) electrons. The van der Waals surface area contributed by atoms with E-state index in [0.717, 1.165) is 19.3 Å². The van der Waals surface area contributed by atoms with Crippen molar-refractivity contribution in [2.75, 3.05) is 5.88 Å². The van der Waals surface area contributed by atoms with Crippen LogP contribution in [0.4, 0.5) is 0 Å². The Morgan fingerprint density at radius 2 is 2.20 bits per heavy atom. The lowest BCUT2D eigenvalue weighted by molar-refractivity contribution is -0.133. The van der Waals surface area contributed by atoms with E-state index in [4.69, 9.17) is 16.3 Å². The van der Waals surface area contributed by atoms with Crippen LogP contribution in [0.2, 0.25) is 0 Å². The van der Waals surface area contributed by atoms with E-state index in [1.165, 1.54) is 0 Å². The van der Waals surface area contributed by atoms with Gasteiger partial charge >= 0.3 is 0 Å². The second kappa shape index (κ2) is 5.17. The fourth-order valence-corrected chi connectivity index (χ4v) is 2.18. The standard InChI is InChI=1S/C11H20ClNO2/c1-8-4-5-9(15-8)10(14)13-11(2,3)6-7-12/h8-9H,4-7H2,1-3H3,(H,13,14). The number of ether oxygens (including phenoxy) is 1. The highest BCUT2D eigenvalue weighted by Crippen LogP contribution is 2.20. The van der Waals surface area contributed by atoms with E-state index < -0.39 is 0 Å². The summed E-state index contributed by atoms with van der Waals surface area (Å²) in [7, 11) is 0. The van der Waals surface area contributed by atoms with Crippen LogP contribution in [0.15, 0.2) is 0 Å². The van der Waals surface area contributed by atoms with Gasteiger partial charge in [0.1, 0.15) is 6.10 Å². The van der Waals surface area contributed by atoms with Gasteiger partial charge in [-0.15, -0.1) is 11.6 Å². The molecule has 1 aliphatic heterocycles. The molecular weight excluding hydrogens is 214 g/mol. The normalized spacial score (nSPS) is 26.7. The summed E-state index contributed by atoms with van der Waals surface area (Å²) in [6, 6.07) is 0. The number of alkyl halides is 1. The average Bonchev–Trinajstić information content (AvgIpc) is 2.50. The van der Waals surface area contributed by atoms with Gasteiger partial charge < -0.3 is 10.1 Å². The molecule has 2 atom stereocenters.